The van der Waals surface area contributed by atoms with Gasteiger partial charge in [-0.3, -0.25) is 9.36 Å². The van der Waals surface area contributed by atoms with Gasteiger partial charge < -0.3 is 4.74 Å². The lowest BCUT2D eigenvalue weighted by Crippen LogP contribution is -2.20. The topological polar surface area (TPSA) is 81.4 Å². The standard InChI is InChI=1S/C26H21ClF3N5O2S/c1-2-37-22-13-11-21(12-14-22)35-24(18-5-9-20(27)10-6-18)33-34-25(35)38-16-23(36)32-31-15-17-3-7-19(8-4-17)26(28,29)30/h3-15H,2,16H2,1H3,(H,32,36)/b31-15+. The highest BCUT2D eigenvalue weighted by atomic mass is 35.5. The summed E-state index contributed by atoms with van der Waals surface area (Å²) in [4.78, 5) is 12.4. The maximum atomic E-state index is 12.7. The molecule has 0 spiro atoms. The second-order valence-corrected chi connectivity index (χ2v) is 9.16. The first-order chi connectivity index (χ1) is 18.2. The number of alkyl halides is 3. The Balaban J connectivity index is 1.47. The summed E-state index contributed by atoms with van der Waals surface area (Å²) in [5, 5.41) is 13.5. The molecule has 0 bridgehead atoms. The van der Waals surface area contributed by atoms with Crippen molar-refractivity contribution in [3.8, 4) is 22.8 Å². The first-order valence-corrected chi connectivity index (χ1v) is 12.7. The molecule has 1 heterocycles. The Hall–Kier alpha value is -3.83. The third-order valence-electron chi connectivity index (χ3n) is 5.11. The minimum Gasteiger partial charge on any atom is -0.494 e. The van der Waals surface area contributed by atoms with Crippen molar-refractivity contribution >= 4 is 35.5 Å². The fourth-order valence-corrected chi connectivity index (χ4v) is 4.21. The highest BCUT2D eigenvalue weighted by molar-refractivity contribution is 7.99. The third-order valence-corrected chi connectivity index (χ3v) is 6.30. The van der Waals surface area contributed by atoms with E-state index in [2.05, 4.69) is 20.7 Å². The Labute approximate surface area is 225 Å². The smallest absolute Gasteiger partial charge is 0.416 e. The Morgan fingerprint density at radius 1 is 1.05 bits per heavy atom. The first-order valence-electron chi connectivity index (χ1n) is 11.3. The van der Waals surface area contributed by atoms with Crippen LogP contribution in [0.25, 0.3) is 17.1 Å². The van der Waals surface area contributed by atoms with Crippen LogP contribution >= 0.6 is 23.4 Å². The van der Waals surface area contributed by atoms with Crippen molar-refractivity contribution in [2.24, 2.45) is 5.10 Å². The van der Waals surface area contributed by atoms with E-state index in [1.165, 1.54) is 18.3 Å². The maximum absolute atomic E-state index is 12.7. The van der Waals surface area contributed by atoms with Crippen molar-refractivity contribution in [2.45, 2.75) is 18.3 Å². The molecule has 12 heteroatoms. The number of aromatic nitrogens is 3. The molecule has 0 aliphatic rings. The monoisotopic (exact) mass is 559 g/mol. The first kappa shape index (κ1) is 27.2. The van der Waals surface area contributed by atoms with E-state index in [-0.39, 0.29) is 5.75 Å². The molecule has 4 rings (SSSR count). The van der Waals surface area contributed by atoms with Crippen LogP contribution < -0.4 is 10.2 Å². The summed E-state index contributed by atoms with van der Waals surface area (Å²) in [6.45, 7) is 2.44. The summed E-state index contributed by atoms with van der Waals surface area (Å²) in [5.74, 6) is 0.832. The highest BCUT2D eigenvalue weighted by Gasteiger charge is 2.29. The summed E-state index contributed by atoms with van der Waals surface area (Å²) < 4.78 is 45.4. The molecule has 38 heavy (non-hydrogen) atoms. The Bertz CT molecular complexity index is 1410. The number of hydrazone groups is 1. The van der Waals surface area contributed by atoms with E-state index >= 15 is 0 Å². The molecule has 4 aromatic rings. The van der Waals surface area contributed by atoms with E-state index in [0.29, 0.717) is 28.2 Å². The van der Waals surface area contributed by atoms with Crippen LogP contribution in [0.15, 0.2) is 83.1 Å². The zero-order valence-electron chi connectivity index (χ0n) is 19.9. The lowest BCUT2D eigenvalue weighted by Gasteiger charge is -2.11. The largest absolute Gasteiger partial charge is 0.494 e. The van der Waals surface area contributed by atoms with Gasteiger partial charge >= 0.3 is 6.18 Å². The zero-order valence-corrected chi connectivity index (χ0v) is 21.5. The lowest BCUT2D eigenvalue weighted by molar-refractivity contribution is -0.137. The van der Waals surface area contributed by atoms with Crippen molar-refractivity contribution in [3.63, 3.8) is 0 Å². The predicted octanol–water partition coefficient (Wildman–Crippen LogP) is 6.25. The van der Waals surface area contributed by atoms with Gasteiger partial charge in [0.15, 0.2) is 11.0 Å². The Morgan fingerprint density at radius 3 is 2.37 bits per heavy atom. The van der Waals surface area contributed by atoms with Crippen LogP contribution in [-0.4, -0.2) is 39.2 Å². The number of nitrogens with zero attached hydrogens (tertiary/aromatic N) is 4. The van der Waals surface area contributed by atoms with Crippen LogP contribution in [0.4, 0.5) is 13.2 Å². The number of nitrogens with one attached hydrogen (secondary N) is 1. The number of halogens is 4. The van der Waals surface area contributed by atoms with E-state index in [0.717, 1.165) is 40.9 Å². The van der Waals surface area contributed by atoms with Crippen molar-refractivity contribution in [1.82, 2.24) is 20.2 Å². The zero-order chi connectivity index (χ0) is 27.1. The Morgan fingerprint density at radius 2 is 1.74 bits per heavy atom. The summed E-state index contributed by atoms with van der Waals surface area (Å²) in [6, 6.07) is 19.0. The molecular formula is C26H21ClF3N5O2S. The van der Waals surface area contributed by atoms with Gasteiger partial charge in [0, 0.05) is 16.3 Å². The van der Waals surface area contributed by atoms with Gasteiger partial charge in [-0.15, -0.1) is 10.2 Å². The van der Waals surface area contributed by atoms with Crippen LogP contribution in [0, 0.1) is 0 Å². The van der Waals surface area contributed by atoms with Crippen molar-refractivity contribution < 1.29 is 22.7 Å². The van der Waals surface area contributed by atoms with Gasteiger partial charge in [-0.2, -0.15) is 18.3 Å². The molecular weight excluding hydrogens is 539 g/mol. The molecule has 0 fully saturated rings. The molecule has 0 radical (unpaired) electrons. The average Bonchev–Trinajstić information content (AvgIpc) is 3.32. The van der Waals surface area contributed by atoms with Crippen LogP contribution in [0.2, 0.25) is 5.02 Å². The molecule has 1 aromatic heterocycles. The molecule has 0 aliphatic carbocycles. The molecule has 3 aromatic carbocycles. The van der Waals surface area contributed by atoms with Crippen LogP contribution in [0.3, 0.4) is 0 Å². The van der Waals surface area contributed by atoms with E-state index in [9.17, 15) is 18.0 Å². The van der Waals surface area contributed by atoms with E-state index < -0.39 is 17.6 Å². The molecule has 0 aliphatic heterocycles. The number of ether oxygens (including phenoxy) is 1. The van der Waals surface area contributed by atoms with Crippen LogP contribution in [0.1, 0.15) is 18.1 Å². The van der Waals surface area contributed by atoms with E-state index in [1.54, 1.807) is 12.1 Å². The Kier molecular flexibility index (Phi) is 8.70. The highest BCUT2D eigenvalue weighted by Crippen LogP contribution is 2.30. The summed E-state index contributed by atoms with van der Waals surface area (Å²) in [7, 11) is 0. The fraction of sp³-hybridized carbons (Fsp3) is 0.154. The number of hydrogen-bond acceptors (Lipinski definition) is 6. The molecule has 0 unspecified atom stereocenters. The number of benzene rings is 3. The number of carbonyl (C=O) groups excluding carboxylic acids is 1. The summed E-state index contributed by atoms with van der Waals surface area (Å²) >= 11 is 7.19. The predicted molar refractivity (Wildman–Crippen MR) is 141 cm³/mol. The number of carbonyl (C=O) groups is 1. The van der Waals surface area contributed by atoms with Crippen molar-refractivity contribution in [1.29, 1.82) is 0 Å². The average molecular weight is 560 g/mol. The number of hydrogen-bond donors (Lipinski definition) is 1. The van der Waals surface area contributed by atoms with Gasteiger partial charge in [0.1, 0.15) is 5.75 Å². The minimum absolute atomic E-state index is 0.0276. The van der Waals surface area contributed by atoms with Crippen LogP contribution in [-0.2, 0) is 11.0 Å². The quantitative estimate of drug-likeness (QED) is 0.149. The van der Waals surface area contributed by atoms with Gasteiger partial charge in [-0.05, 0) is 73.2 Å². The second-order valence-electron chi connectivity index (χ2n) is 7.78. The van der Waals surface area contributed by atoms with Gasteiger partial charge in [0.25, 0.3) is 5.91 Å². The van der Waals surface area contributed by atoms with Crippen molar-refractivity contribution in [2.75, 3.05) is 12.4 Å². The van der Waals surface area contributed by atoms with Crippen LogP contribution in [0.5, 0.6) is 5.75 Å². The normalized spacial score (nSPS) is 11.6. The van der Waals surface area contributed by atoms with Crippen molar-refractivity contribution in [3.05, 3.63) is 88.9 Å². The molecule has 0 saturated heterocycles. The van der Waals surface area contributed by atoms with Gasteiger partial charge in [-0.25, -0.2) is 5.43 Å². The van der Waals surface area contributed by atoms with E-state index in [1.807, 2.05) is 47.9 Å². The molecule has 7 nitrogen and oxygen atoms in total. The minimum atomic E-state index is -4.42. The molecule has 0 atom stereocenters. The molecule has 1 amide bonds. The number of amides is 1. The van der Waals surface area contributed by atoms with Gasteiger partial charge in [0.2, 0.25) is 0 Å². The molecule has 1 N–H and O–H groups in total. The fourth-order valence-electron chi connectivity index (χ4n) is 3.34. The SMILES string of the molecule is CCOc1ccc(-n2c(SCC(=O)N/N=C/c3ccc(C(F)(F)F)cc3)nnc2-c2ccc(Cl)cc2)cc1. The number of rotatable bonds is 9. The maximum Gasteiger partial charge on any atom is 0.416 e. The van der Waals surface area contributed by atoms with Gasteiger partial charge in [-0.1, -0.05) is 35.5 Å². The summed E-state index contributed by atoms with van der Waals surface area (Å²) in [5.41, 5.74) is 3.58. The number of thioether (sulfide) groups is 1. The summed E-state index contributed by atoms with van der Waals surface area (Å²) in [6.07, 6.45) is -3.15. The molecule has 196 valence electrons. The second kappa shape index (κ2) is 12.1. The van der Waals surface area contributed by atoms with E-state index in [4.69, 9.17) is 16.3 Å². The lowest BCUT2D eigenvalue weighted by atomic mass is 10.1. The third kappa shape index (κ3) is 6.93. The molecule has 0 saturated carbocycles. The van der Waals surface area contributed by atoms with Gasteiger partial charge in [0.05, 0.1) is 24.1 Å².